The summed E-state index contributed by atoms with van der Waals surface area (Å²) < 4.78 is 22.2. The number of ether oxygens (including phenoxy) is 1. The maximum Gasteiger partial charge on any atom is 0.254 e. The molecule has 0 saturated heterocycles. The molecule has 4 aromatic rings. The number of carbonyl (C=O) groups is 1. The highest BCUT2D eigenvalue weighted by molar-refractivity contribution is 5.97. The molecule has 136 valence electrons. The van der Waals surface area contributed by atoms with Crippen molar-refractivity contribution in [3.63, 3.8) is 0 Å². The van der Waals surface area contributed by atoms with Gasteiger partial charge < -0.3 is 18.1 Å². The lowest BCUT2D eigenvalue weighted by molar-refractivity contribution is -0.136. The summed E-state index contributed by atoms with van der Waals surface area (Å²) in [4.78, 5) is 11.9. The van der Waals surface area contributed by atoms with Crippen LogP contribution in [0.15, 0.2) is 55.3 Å². The van der Waals surface area contributed by atoms with Gasteiger partial charge in [0.15, 0.2) is 11.3 Å². The van der Waals surface area contributed by atoms with Crippen molar-refractivity contribution in [3.05, 3.63) is 53.8 Å². The Morgan fingerprint density at radius 1 is 1.22 bits per heavy atom. The molecule has 1 aromatic carbocycles. The molecule has 1 aliphatic heterocycles. The van der Waals surface area contributed by atoms with E-state index in [4.69, 9.17) is 18.1 Å². The SMILES string of the molecule is CC(=O)N1N=C(Cc2noc3cc4occ(C)c4cc23)OC1c1ccco1. The molecule has 1 atom stereocenters. The van der Waals surface area contributed by atoms with Crippen molar-refractivity contribution in [2.75, 3.05) is 0 Å². The van der Waals surface area contributed by atoms with Gasteiger partial charge >= 0.3 is 0 Å². The van der Waals surface area contributed by atoms with Crippen LogP contribution in [0.5, 0.6) is 0 Å². The summed E-state index contributed by atoms with van der Waals surface area (Å²) in [7, 11) is 0. The molecule has 0 aliphatic carbocycles. The van der Waals surface area contributed by atoms with Crippen LogP contribution in [0.25, 0.3) is 21.9 Å². The Balaban J connectivity index is 1.49. The van der Waals surface area contributed by atoms with Crippen LogP contribution in [-0.2, 0) is 16.0 Å². The Kier molecular flexibility index (Phi) is 3.33. The van der Waals surface area contributed by atoms with Gasteiger partial charge in [-0.05, 0) is 30.7 Å². The summed E-state index contributed by atoms with van der Waals surface area (Å²) in [6.07, 6.45) is 2.81. The Morgan fingerprint density at radius 2 is 2.11 bits per heavy atom. The summed E-state index contributed by atoms with van der Waals surface area (Å²) in [5.74, 6) is 0.627. The fourth-order valence-electron chi connectivity index (χ4n) is 3.21. The first-order valence-corrected chi connectivity index (χ1v) is 8.43. The third kappa shape index (κ3) is 2.49. The molecule has 4 heterocycles. The van der Waals surface area contributed by atoms with Crippen LogP contribution in [0, 0.1) is 6.92 Å². The minimum atomic E-state index is -0.714. The third-order valence-electron chi connectivity index (χ3n) is 4.55. The molecule has 27 heavy (non-hydrogen) atoms. The lowest BCUT2D eigenvalue weighted by Gasteiger charge is -2.16. The zero-order valence-corrected chi connectivity index (χ0v) is 14.6. The first kappa shape index (κ1) is 15.7. The number of nitrogens with zero attached hydrogens (tertiary/aromatic N) is 3. The van der Waals surface area contributed by atoms with Gasteiger partial charge in [-0.2, -0.15) is 5.01 Å². The second kappa shape index (κ2) is 5.73. The molecular formula is C19H15N3O5. The van der Waals surface area contributed by atoms with E-state index in [9.17, 15) is 4.79 Å². The van der Waals surface area contributed by atoms with E-state index in [2.05, 4.69) is 10.3 Å². The number of hydrogen-bond donors (Lipinski definition) is 0. The summed E-state index contributed by atoms with van der Waals surface area (Å²) >= 11 is 0. The molecular weight excluding hydrogens is 350 g/mol. The average molecular weight is 365 g/mol. The highest BCUT2D eigenvalue weighted by atomic mass is 16.5. The second-order valence-electron chi connectivity index (χ2n) is 6.41. The number of aromatic nitrogens is 1. The van der Waals surface area contributed by atoms with Gasteiger partial charge in [0, 0.05) is 23.8 Å². The van der Waals surface area contributed by atoms with Gasteiger partial charge in [0.2, 0.25) is 11.8 Å². The minimum absolute atomic E-state index is 0.243. The molecule has 0 saturated carbocycles. The molecule has 1 aliphatic rings. The average Bonchev–Trinajstić information content (AvgIpc) is 3.42. The molecule has 5 rings (SSSR count). The van der Waals surface area contributed by atoms with Crippen molar-refractivity contribution in [1.29, 1.82) is 0 Å². The van der Waals surface area contributed by atoms with Crippen LogP contribution < -0.4 is 0 Å². The van der Waals surface area contributed by atoms with Crippen molar-refractivity contribution in [1.82, 2.24) is 10.2 Å². The van der Waals surface area contributed by atoms with E-state index in [1.54, 1.807) is 18.4 Å². The van der Waals surface area contributed by atoms with Gasteiger partial charge in [0.1, 0.15) is 11.3 Å². The number of aryl methyl sites for hydroxylation is 1. The minimum Gasteiger partial charge on any atom is -0.464 e. The molecule has 0 radical (unpaired) electrons. The third-order valence-corrected chi connectivity index (χ3v) is 4.55. The summed E-state index contributed by atoms with van der Waals surface area (Å²) in [6, 6.07) is 7.28. The monoisotopic (exact) mass is 365 g/mol. The van der Waals surface area contributed by atoms with E-state index in [1.807, 2.05) is 19.1 Å². The normalized spacial score (nSPS) is 16.9. The van der Waals surface area contributed by atoms with E-state index in [-0.39, 0.29) is 12.3 Å². The van der Waals surface area contributed by atoms with E-state index in [1.165, 1.54) is 18.2 Å². The summed E-state index contributed by atoms with van der Waals surface area (Å²) in [5, 5.41) is 11.6. The zero-order valence-electron chi connectivity index (χ0n) is 14.6. The maximum absolute atomic E-state index is 11.9. The number of furan rings is 2. The van der Waals surface area contributed by atoms with Crippen LogP contribution in [-0.4, -0.2) is 22.0 Å². The van der Waals surface area contributed by atoms with Gasteiger partial charge in [-0.25, -0.2) is 0 Å². The molecule has 1 amide bonds. The fraction of sp³-hybridized carbons (Fsp3) is 0.211. The van der Waals surface area contributed by atoms with Crippen molar-refractivity contribution >= 4 is 33.7 Å². The van der Waals surface area contributed by atoms with Gasteiger partial charge in [-0.1, -0.05) is 5.16 Å². The molecule has 8 heteroatoms. The molecule has 0 bridgehead atoms. The lowest BCUT2D eigenvalue weighted by atomic mass is 10.1. The van der Waals surface area contributed by atoms with E-state index in [0.29, 0.717) is 22.9 Å². The summed E-state index contributed by atoms with van der Waals surface area (Å²) in [5.41, 5.74) is 3.08. The first-order valence-electron chi connectivity index (χ1n) is 8.43. The second-order valence-corrected chi connectivity index (χ2v) is 6.41. The fourth-order valence-corrected chi connectivity index (χ4v) is 3.21. The number of fused-ring (bicyclic) bond motifs is 2. The number of benzene rings is 1. The van der Waals surface area contributed by atoms with Crippen molar-refractivity contribution < 1.29 is 22.9 Å². The highest BCUT2D eigenvalue weighted by Crippen LogP contribution is 2.32. The van der Waals surface area contributed by atoms with Gasteiger partial charge in [0.25, 0.3) is 6.23 Å². The lowest BCUT2D eigenvalue weighted by Crippen LogP contribution is -2.24. The highest BCUT2D eigenvalue weighted by Gasteiger charge is 2.34. The number of rotatable bonds is 3. The largest absolute Gasteiger partial charge is 0.464 e. The first-order chi connectivity index (χ1) is 13.1. The quantitative estimate of drug-likeness (QED) is 0.546. The van der Waals surface area contributed by atoms with Gasteiger partial charge in [0.05, 0.1) is 18.9 Å². The molecule has 1 unspecified atom stereocenters. The van der Waals surface area contributed by atoms with Crippen molar-refractivity contribution in [3.8, 4) is 0 Å². The van der Waals surface area contributed by atoms with Crippen LogP contribution in [0.3, 0.4) is 0 Å². The van der Waals surface area contributed by atoms with E-state index in [0.717, 1.165) is 21.9 Å². The predicted octanol–water partition coefficient (Wildman–Crippen LogP) is 3.91. The number of hydrogen-bond acceptors (Lipinski definition) is 7. The Labute approximate surface area is 152 Å². The number of carbonyl (C=O) groups excluding carboxylic acids is 1. The van der Waals surface area contributed by atoms with E-state index >= 15 is 0 Å². The molecule has 0 fully saturated rings. The molecule has 3 aromatic heterocycles. The topological polar surface area (TPSA) is 94.2 Å². The van der Waals surface area contributed by atoms with E-state index < -0.39 is 6.23 Å². The van der Waals surface area contributed by atoms with Gasteiger partial charge in [-0.3, -0.25) is 4.79 Å². The zero-order chi connectivity index (χ0) is 18.5. The molecule has 0 spiro atoms. The Hall–Kier alpha value is -3.55. The Bertz CT molecular complexity index is 1190. The van der Waals surface area contributed by atoms with Crippen LogP contribution in [0.1, 0.15) is 30.2 Å². The smallest absolute Gasteiger partial charge is 0.254 e. The van der Waals surface area contributed by atoms with Crippen molar-refractivity contribution in [2.24, 2.45) is 5.10 Å². The predicted molar refractivity (Wildman–Crippen MR) is 94.7 cm³/mol. The summed E-state index contributed by atoms with van der Waals surface area (Å²) in [6.45, 7) is 3.41. The number of amides is 1. The van der Waals surface area contributed by atoms with Crippen LogP contribution >= 0.6 is 0 Å². The number of hydrazone groups is 1. The van der Waals surface area contributed by atoms with Crippen molar-refractivity contribution in [2.45, 2.75) is 26.5 Å². The molecule has 0 N–H and O–H groups in total. The standard InChI is InChI=1S/C19H15N3O5/c1-10-9-25-16-8-17-13(6-12(10)16)14(21-27-17)7-18-20-22(11(2)23)19(26-18)15-4-3-5-24-15/h3-6,8-9,19H,7H2,1-2H3. The Morgan fingerprint density at radius 3 is 2.89 bits per heavy atom. The van der Waals surface area contributed by atoms with Crippen LogP contribution in [0.4, 0.5) is 0 Å². The van der Waals surface area contributed by atoms with Gasteiger partial charge in [-0.15, -0.1) is 5.10 Å². The maximum atomic E-state index is 11.9. The molecule has 8 nitrogen and oxygen atoms in total. The van der Waals surface area contributed by atoms with Crippen LogP contribution in [0.2, 0.25) is 0 Å².